The van der Waals surface area contributed by atoms with Crippen LogP contribution in [-0.4, -0.2) is 18.4 Å². The van der Waals surface area contributed by atoms with E-state index in [4.69, 9.17) is 0 Å². The SMILES string of the molecule is CC(C)CCC(=O)CNC1CCCC1. The smallest absolute Gasteiger partial charge is 0.146 e. The number of carbonyl (C=O) groups excluding carboxylic acids is 1. The monoisotopic (exact) mass is 197 g/mol. The summed E-state index contributed by atoms with van der Waals surface area (Å²) in [5.41, 5.74) is 0. The number of hydrogen-bond donors (Lipinski definition) is 1. The normalized spacial score (nSPS) is 17.9. The quantitative estimate of drug-likeness (QED) is 0.709. The molecule has 1 aliphatic carbocycles. The summed E-state index contributed by atoms with van der Waals surface area (Å²) in [6, 6.07) is 0.623. The van der Waals surface area contributed by atoms with Gasteiger partial charge in [0.05, 0.1) is 6.54 Å². The van der Waals surface area contributed by atoms with E-state index in [0.717, 1.165) is 12.8 Å². The second-order valence-electron chi connectivity index (χ2n) is 4.83. The van der Waals surface area contributed by atoms with Crippen molar-refractivity contribution in [3.05, 3.63) is 0 Å². The molecule has 0 aromatic rings. The van der Waals surface area contributed by atoms with Gasteiger partial charge in [-0.05, 0) is 25.2 Å². The lowest BCUT2D eigenvalue weighted by Gasteiger charge is -2.11. The Morgan fingerprint density at radius 3 is 2.57 bits per heavy atom. The molecule has 0 amide bonds. The van der Waals surface area contributed by atoms with Gasteiger partial charge in [0.25, 0.3) is 0 Å². The van der Waals surface area contributed by atoms with Gasteiger partial charge in [-0.25, -0.2) is 0 Å². The molecular weight excluding hydrogens is 174 g/mol. The average molecular weight is 197 g/mol. The minimum absolute atomic E-state index is 0.380. The molecule has 0 bridgehead atoms. The zero-order valence-corrected chi connectivity index (χ0v) is 9.51. The zero-order chi connectivity index (χ0) is 10.4. The molecule has 0 atom stereocenters. The molecular formula is C12H23NO. The van der Waals surface area contributed by atoms with Gasteiger partial charge in [-0.15, -0.1) is 0 Å². The fraction of sp³-hybridized carbons (Fsp3) is 0.917. The molecule has 0 radical (unpaired) electrons. The van der Waals surface area contributed by atoms with Crippen molar-refractivity contribution in [1.29, 1.82) is 0 Å². The highest BCUT2D eigenvalue weighted by molar-refractivity contribution is 5.80. The van der Waals surface area contributed by atoms with Gasteiger partial charge in [-0.1, -0.05) is 26.7 Å². The molecule has 2 nitrogen and oxygen atoms in total. The standard InChI is InChI=1S/C12H23NO/c1-10(2)7-8-12(14)9-13-11-5-3-4-6-11/h10-11,13H,3-9H2,1-2H3. The van der Waals surface area contributed by atoms with Crippen LogP contribution in [0.2, 0.25) is 0 Å². The van der Waals surface area contributed by atoms with E-state index in [2.05, 4.69) is 19.2 Å². The maximum Gasteiger partial charge on any atom is 0.146 e. The largest absolute Gasteiger partial charge is 0.307 e. The topological polar surface area (TPSA) is 29.1 Å². The van der Waals surface area contributed by atoms with Crippen LogP contribution in [0.4, 0.5) is 0 Å². The van der Waals surface area contributed by atoms with E-state index in [9.17, 15) is 4.79 Å². The summed E-state index contributed by atoms with van der Waals surface area (Å²) in [4.78, 5) is 11.4. The number of ketones is 1. The Labute approximate surface area is 87.5 Å². The van der Waals surface area contributed by atoms with Crippen molar-refractivity contribution in [2.45, 2.75) is 58.4 Å². The molecule has 1 N–H and O–H groups in total. The molecule has 1 fully saturated rings. The summed E-state index contributed by atoms with van der Waals surface area (Å²) in [5.74, 6) is 1.02. The summed E-state index contributed by atoms with van der Waals surface area (Å²) in [5, 5.41) is 3.36. The number of Topliss-reactive ketones (excluding diaryl/α,β-unsaturated/α-hetero) is 1. The summed E-state index contributed by atoms with van der Waals surface area (Å²) < 4.78 is 0. The van der Waals surface area contributed by atoms with Crippen LogP contribution < -0.4 is 5.32 Å². The molecule has 0 heterocycles. The first kappa shape index (κ1) is 11.7. The van der Waals surface area contributed by atoms with E-state index >= 15 is 0 Å². The Balaban J connectivity index is 2.02. The van der Waals surface area contributed by atoms with Gasteiger partial charge < -0.3 is 5.32 Å². The Hall–Kier alpha value is -0.370. The molecule has 0 aromatic carbocycles. The van der Waals surface area contributed by atoms with Gasteiger partial charge in [0.1, 0.15) is 5.78 Å². The first-order valence-electron chi connectivity index (χ1n) is 5.93. The maximum atomic E-state index is 11.4. The van der Waals surface area contributed by atoms with Crippen LogP contribution in [0.3, 0.4) is 0 Å². The van der Waals surface area contributed by atoms with Crippen LogP contribution in [0, 0.1) is 5.92 Å². The molecule has 2 heteroatoms. The van der Waals surface area contributed by atoms with E-state index in [1.54, 1.807) is 0 Å². The van der Waals surface area contributed by atoms with Crippen LogP contribution >= 0.6 is 0 Å². The Morgan fingerprint density at radius 2 is 2.00 bits per heavy atom. The molecule has 0 aliphatic heterocycles. The van der Waals surface area contributed by atoms with Crippen molar-refractivity contribution in [2.24, 2.45) is 5.92 Å². The molecule has 1 rings (SSSR count). The van der Waals surface area contributed by atoms with Crippen LogP contribution in [0.15, 0.2) is 0 Å². The molecule has 0 spiro atoms. The van der Waals surface area contributed by atoms with Gasteiger partial charge in [0.15, 0.2) is 0 Å². The first-order valence-corrected chi connectivity index (χ1v) is 5.93. The predicted molar refractivity (Wildman–Crippen MR) is 59.3 cm³/mol. The van der Waals surface area contributed by atoms with Crippen molar-refractivity contribution in [1.82, 2.24) is 5.32 Å². The molecule has 1 saturated carbocycles. The third-order valence-corrected chi connectivity index (χ3v) is 2.94. The van der Waals surface area contributed by atoms with Crippen molar-refractivity contribution in [3.63, 3.8) is 0 Å². The number of nitrogens with one attached hydrogen (secondary N) is 1. The molecule has 82 valence electrons. The summed E-state index contributed by atoms with van der Waals surface area (Å²) in [6.07, 6.45) is 6.97. The van der Waals surface area contributed by atoms with Gasteiger partial charge in [0.2, 0.25) is 0 Å². The molecule has 14 heavy (non-hydrogen) atoms. The van der Waals surface area contributed by atoms with Gasteiger partial charge >= 0.3 is 0 Å². The van der Waals surface area contributed by atoms with Gasteiger partial charge in [-0.2, -0.15) is 0 Å². The predicted octanol–water partition coefficient (Wildman–Crippen LogP) is 2.52. The third-order valence-electron chi connectivity index (χ3n) is 2.94. The van der Waals surface area contributed by atoms with Crippen molar-refractivity contribution in [3.8, 4) is 0 Å². The highest BCUT2D eigenvalue weighted by Crippen LogP contribution is 2.17. The van der Waals surface area contributed by atoms with Crippen LogP contribution in [0.25, 0.3) is 0 Å². The number of carbonyl (C=O) groups is 1. The lowest BCUT2D eigenvalue weighted by atomic mass is 10.1. The first-order chi connectivity index (χ1) is 6.68. The average Bonchev–Trinajstić information content (AvgIpc) is 2.63. The Morgan fingerprint density at radius 1 is 1.36 bits per heavy atom. The molecule has 0 saturated heterocycles. The third kappa shape index (κ3) is 4.75. The van der Waals surface area contributed by atoms with Crippen LogP contribution in [0.1, 0.15) is 52.4 Å². The lowest BCUT2D eigenvalue weighted by molar-refractivity contribution is -0.118. The van der Waals surface area contributed by atoms with Crippen LogP contribution in [0.5, 0.6) is 0 Å². The van der Waals surface area contributed by atoms with Gasteiger partial charge in [-0.3, -0.25) is 4.79 Å². The second-order valence-corrected chi connectivity index (χ2v) is 4.83. The van der Waals surface area contributed by atoms with E-state index < -0.39 is 0 Å². The molecule has 0 unspecified atom stereocenters. The Kier molecular flexibility index (Phi) is 5.16. The van der Waals surface area contributed by atoms with Gasteiger partial charge in [0, 0.05) is 12.5 Å². The highest BCUT2D eigenvalue weighted by Gasteiger charge is 2.15. The minimum atomic E-state index is 0.380. The lowest BCUT2D eigenvalue weighted by Crippen LogP contribution is -2.31. The second kappa shape index (κ2) is 6.18. The van der Waals surface area contributed by atoms with Crippen LogP contribution in [-0.2, 0) is 4.79 Å². The fourth-order valence-electron chi connectivity index (χ4n) is 1.93. The van der Waals surface area contributed by atoms with Crippen molar-refractivity contribution < 1.29 is 4.79 Å². The summed E-state index contributed by atoms with van der Waals surface area (Å²) >= 11 is 0. The summed E-state index contributed by atoms with van der Waals surface area (Å²) in [6.45, 7) is 4.92. The maximum absolute atomic E-state index is 11.4. The number of hydrogen-bond acceptors (Lipinski definition) is 2. The van der Waals surface area contributed by atoms with E-state index in [0.29, 0.717) is 24.3 Å². The van der Waals surface area contributed by atoms with E-state index in [-0.39, 0.29) is 0 Å². The molecule has 0 aromatic heterocycles. The fourth-order valence-corrected chi connectivity index (χ4v) is 1.93. The molecule has 1 aliphatic rings. The minimum Gasteiger partial charge on any atom is -0.307 e. The highest BCUT2D eigenvalue weighted by atomic mass is 16.1. The number of rotatable bonds is 6. The summed E-state index contributed by atoms with van der Waals surface area (Å²) in [7, 11) is 0. The van der Waals surface area contributed by atoms with Crippen molar-refractivity contribution >= 4 is 5.78 Å². The van der Waals surface area contributed by atoms with Crippen molar-refractivity contribution in [2.75, 3.05) is 6.54 Å². The Bertz CT molecular complexity index is 171. The van der Waals surface area contributed by atoms with E-state index in [1.807, 2.05) is 0 Å². The van der Waals surface area contributed by atoms with E-state index in [1.165, 1.54) is 25.7 Å². The zero-order valence-electron chi connectivity index (χ0n) is 9.51.